The Bertz CT molecular complexity index is 375. The molecule has 2 unspecified atom stereocenters. The number of hydrogen-bond donors (Lipinski definition) is 1. The Hall–Kier alpha value is -0.860. The molecule has 2 aliphatic rings. The lowest BCUT2D eigenvalue weighted by molar-refractivity contribution is 0.153. The van der Waals surface area contributed by atoms with Gasteiger partial charge in [0.15, 0.2) is 0 Å². The Morgan fingerprint density at radius 1 is 1.11 bits per heavy atom. The molecule has 0 bridgehead atoms. The largest absolute Gasteiger partial charge is 0.314 e. The van der Waals surface area contributed by atoms with Gasteiger partial charge in [-0.2, -0.15) is 0 Å². The van der Waals surface area contributed by atoms with Crippen LogP contribution in [0.4, 0.5) is 0 Å². The summed E-state index contributed by atoms with van der Waals surface area (Å²) in [5, 5.41) is 3.56. The lowest BCUT2D eigenvalue weighted by Gasteiger charge is -2.36. The average Bonchev–Trinajstić information content (AvgIpc) is 2.61. The summed E-state index contributed by atoms with van der Waals surface area (Å²) in [5.41, 5.74) is 3.14. The fraction of sp³-hybridized carbons (Fsp3) is 0.625. The van der Waals surface area contributed by atoms with E-state index in [1.54, 1.807) is 11.1 Å². The summed E-state index contributed by atoms with van der Waals surface area (Å²) >= 11 is 0. The first-order valence-corrected chi connectivity index (χ1v) is 7.37. The van der Waals surface area contributed by atoms with Gasteiger partial charge in [0.05, 0.1) is 0 Å². The van der Waals surface area contributed by atoms with Gasteiger partial charge in [-0.15, -0.1) is 0 Å². The summed E-state index contributed by atoms with van der Waals surface area (Å²) in [4.78, 5) is 2.73. The average molecular weight is 244 g/mol. The van der Waals surface area contributed by atoms with Crippen LogP contribution in [-0.2, 0) is 12.8 Å². The zero-order valence-electron chi connectivity index (χ0n) is 11.4. The smallest absolute Gasteiger partial charge is 0.0122 e. The van der Waals surface area contributed by atoms with Crippen LogP contribution in [-0.4, -0.2) is 36.6 Å². The maximum atomic E-state index is 3.56. The van der Waals surface area contributed by atoms with Crippen molar-refractivity contribution in [3.63, 3.8) is 0 Å². The van der Waals surface area contributed by atoms with Crippen molar-refractivity contribution in [3.05, 3.63) is 35.4 Å². The van der Waals surface area contributed by atoms with Gasteiger partial charge in [-0.25, -0.2) is 0 Å². The number of nitrogens with one attached hydrogen (secondary N) is 1. The summed E-state index contributed by atoms with van der Waals surface area (Å²) in [5.74, 6) is 0. The van der Waals surface area contributed by atoms with Gasteiger partial charge >= 0.3 is 0 Å². The van der Waals surface area contributed by atoms with Crippen LogP contribution in [0.25, 0.3) is 0 Å². The monoisotopic (exact) mass is 244 g/mol. The highest BCUT2D eigenvalue weighted by Crippen LogP contribution is 2.21. The summed E-state index contributed by atoms with van der Waals surface area (Å²) in [7, 11) is 0. The maximum absolute atomic E-state index is 3.56. The molecule has 2 atom stereocenters. The van der Waals surface area contributed by atoms with E-state index in [4.69, 9.17) is 0 Å². The molecule has 0 spiro atoms. The van der Waals surface area contributed by atoms with Crippen molar-refractivity contribution >= 4 is 0 Å². The van der Waals surface area contributed by atoms with Crippen LogP contribution < -0.4 is 5.32 Å². The second-order valence-corrected chi connectivity index (χ2v) is 5.84. The van der Waals surface area contributed by atoms with Gasteiger partial charge in [0.25, 0.3) is 0 Å². The molecule has 2 nitrogen and oxygen atoms in total. The molecule has 0 saturated carbocycles. The van der Waals surface area contributed by atoms with Crippen LogP contribution >= 0.6 is 0 Å². The summed E-state index contributed by atoms with van der Waals surface area (Å²) < 4.78 is 0. The molecule has 1 N–H and O–H groups in total. The van der Waals surface area contributed by atoms with Gasteiger partial charge in [-0.1, -0.05) is 24.3 Å². The standard InChI is InChI=1S/C16H24N2/c1-13-12-16(6-9-17-13)18-10-7-14-4-2-3-5-15(14)8-11-18/h2-5,13,16-17H,6-12H2,1H3. The van der Waals surface area contributed by atoms with Gasteiger partial charge in [0, 0.05) is 25.2 Å². The number of nitrogens with zero attached hydrogens (tertiary/aromatic N) is 1. The van der Waals surface area contributed by atoms with Crippen LogP contribution in [0.1, 0.15) is 30.9 Å². The van der Waals surface area contributed by atoms with Crippen molar-refractivity contribution in [1.29, 1.82) is 0 Å². The zero-order valence-corrected chi connectivity index (χ0v) is 11.4. The topological polar surface area (TPSA) is 15.3 Å². The molecule has 0 amide bonds. The minimum absolute atomic E-state index is 0.689. The molecule has 0 aliphatic carbocycles. The predicted octanol–water partition coefficient (Wildman–Crippen LogP) is 2.23. The third-order valence-electron chi connectivity index (χ3n) is 4.57. The predicted molar refractivity (Wildman–Crippen MR) is 75.9 cm³/mol. The Morgan fingerprint density at radius 3 is 2.39 bits per heavy atom. The molecule has 2 heteroatoms. The van der Waals surface area contributed by atoms with E-state index >= 15 is 0 Å². The highest BCUT2D eigenvalue weighted by molar-refractivity contribution is 5.28. The van der Waals surface area contributed by atoms with Crippen LogP contribution in [0, 0.1) is 0 Å². The lowest BCUT2D eigenvalue weighted by atomic mass is 9.99. The van der Waals surface area contributed by atoms with E-state index in [2.05, 4.69) is 41.4 Å². The fourth-order valence-electron chi connectivity index (χ4n) is 3.49. The van der Waals surface area contributed by atoms with Crippen molar-refractivity contribution in [1.82, 2.24) is 10.2 Å². The number of hydrogen-bond acceptors (Lipinski definition) is 2. The van der Waals surface area contributed by atoms with Gasteiger partial charge in [-0.05, 0) is 50.3 Å². The molecule has 0 radical (unpaired) electrons. The van der Waals surface area contributed by atoms with Gasteiger partial charge in [-0.3, -0.25) is 4.90 Å². The van der Waals surface area contributed by atoms with E-state index in [-0.39, 0.29) is 0 Å². The second-order valence-electron chi connectivity index (χ2n) is 5.84. The quantitative estimate of drug-likeness (QED) is 0.815. The Kier molecular flexibility index (Phi) is 3.67. The normalized spacial score (nSPS) is 29.6. The molecule has 18 heavy (non-hydrogen) atoms. The molecule has 3 rings (SSSR count). The third kappa shape index (κ3) is 2.60. The molecule has 1 fully saturated rings. The molecule has 1 aromatic carbocycles. The van der Waals surface area contributed by atoms with Crippen LogP contribution in [0.2, 0.25) is 0 Å². The van der Waals surface area contributed by atoms with Gasteiger partial charge < -0.3 is 5.32 Å². The first-order valence-electron chi connectivity index (χ1n) is 7.37. The molecular formula is C16H24N2. The van der Waals surface area contributed by atoms with E-state index in [0.717, 1.165) is 6.04 Å². The fourth-order valence-corrected chi connectivity index (χ4v) is 3.49. The Labute approximate surface area is 110 Å². The molecule has 1 aromatic rings. The first kappa shape index (κ1) is 12.2. The number of rotatable bonds is 1. The number of fused-ring (bicyclic) bond motifs is 1. The van der Waals surface area contributed by atoms with Crippen molar-refractivity contribution in [2.24, 2.45) is 0 Å². The van der Waals surface area contributed by atoms with E-state index in [0.29, 0.717) is 6.04 Å². The molecule has 98 valence electrons. The minimum Gasteiger partial charge on any atom is -0.314 e. The molecular weight excluding hydrogens is 220 g/mol. The van der Waals surface area contributed by atoms with E-state index in [9.17, 15) is 0 Å². The molecule has 0 aromatic heterocycles. The van der Waals surface area contributed by atoms with E-state index in [1.807, 2.05) is 0 Å². The molecule has 2 heterocycles. The number of benzene rings is 1. The van der Waals surface area contributed by atoms with Crippen molar-refractivity contribution in [2.75, 3.05) is 19.6 Å². The van der Waals surface area contributed by atoms with Crippen LogP contribution in [0.3, 0.4) is 0 Å². The lowest BCUT2D eigenvalue weighted by Crippen LogP contribution is -2.47. The summed E-state index contributed by atoms with van der Waals surface area (Å²) in [6.07, 6.45) is 5.10. The van der Waals surface area contributed by atoms with E-state index < -0.39 is 0 Å². The zero-order chi connectivity index (χ0) is 12.4. The minimum atomic E-state index is 0.689. The summed E-state index contributed by atoms with van der Waals surface area (Å²) in [6, 6.07) is 10.5. The Morgan fingerprint density at radius 2 is 1.78 bits per heavy atom. The van der Waals surface area contributed by atoms with Crippen LogP contribution in [0.15, 0.2) is 24.3 Å². The van der Waals surface area contributed by atoms with Crippen molar-refractivity contribution < 1.29 is 0 Å². The third-order valence-corrected chi connectivity index (χ3v) is 4.57. The second kappa shape index (κ2) is 5.41. The van der Waals surface area contributed by atoms with E-state index in [1.165, 1.54) is 45.3 Å². The van der Waals surface area contributed by atoms with Crippen molar-refractivity contribution in [2.45, 2.75) is 44.7 Å². The van der Waals surface area contributed by atoms with Gasteiger partial charge in [0.1, 0.15) is 0 Å². The summed E-state index contributed by atoms with van der Waals surface area (Å²) in [6.45, 7) is 6.00. The maximum Gasteiger partial charge on any atom is 0.0122 e. The molecule has 2 aliphatic heterocycles. The molecule has 1 saturated heterocycles. The number of piperidine rings is 1. The van der Waals surface area contributed by atoms with Crippen molar-refractivity contribution in [3.8, 4) is 0 Å². The Balaban J connectivity index is 1.67. The highest BCUT2D eigenvalue weighted by atomic mass is 15.2. The van der Waals surface area contributed by atoms with Crippen LogP contribution in [0.5, 0.6) is 0 Å². The highest BCUT2D eigenvalue weighted by Gasteiger charge is 2.25. The van der Waals surface area contributed by atoms with Gasteiger partial charge in [0.2, 0.25) is 0 Å². The SMILES string of the molecule is CC1CC(N2CCc3ccccc3CC2)CCN1. The first-order chi connectivity index (χ1) is 8.83.